The second kappa shape index (κ2) is 9.26. The van der Waals surface area contributed by atoms with E-state index in [0.717, 1.165) is 34.8 Å². The van der Waals surface area contributed by atoms with Gasteiger partial charge in [-0.05, 0) is 56.3 Å². The molecule has 3 rings (SSSR count). The number of halogens is 4. The van der Waals surface area contributed by atoms with E-state index in [1.165, 1.54) is 18.3 Å². The fourth-order valence-corrected chi connectivity index (χ4v) is 3.32. The second-order valence-electron chi connectivity index (χ2n) is 6.87. The molecule has 1 aromatic heterocycles. The van der Waals surface area contributed by atoms with Gasteiger partial charge in [-0.3, -0.25) is 4.79 Å². The fourth-order valence-electron chi connectivity index (χ4n) is 3.13. The van der Waals surface area contributed by atoms with Gasteiger partial charge >= 0.3 is 6.18 Å². The minimum Gasteiger partial charge on any atom is -0.376 e. The number of nitrogens with one attached hydrogen (secondary N) is 2. The van der Waals surface area contributed by atoms with Crippen molar-refractivity contribution in [3.63, 3.8) is 0 Å². The molecule has 2 N–H and O–H groups in total. The van der Waals surface area contributed by atoms with Gasteiger partial charge in [0, 0.05) is 33.3 Å². The monoisotopic (exact) mass is 448 g/mol. The number of alkyl halides is 3. The number of nitrogens with zero attached hydrogens (tertiary/aromatic N) is 2. The van der Waals surface area contributed by atoms with Crippen LogP contribution in [0.15, 0.2) is 59.7 Å². The van der Waals surface area contributed by atoms with Gasteiger partial charge in [0.25, 0.3) is 5.91 Å². The minimum absolute atomic E-state index is 0.194. The summed E-state index contributed by atoms with van der Waals surface area (Å²) in [5.41, 5.74) is 5.38. The van der Waals surface area contributed by atoms with Gasteiger partial charge in [-0.25, -0.2) is 5.43 Å². The second-order valence-corrected chi connectivity index (χ2v) is 7.30. The zero-order valence-electron chi connectivity index (χ0n) is 16.8. The lowest BCUT2D eigenvalue weighted by molar-refractivity contribution is -0.137. The molecule has 0 bridgehead atoms. The van der Waals surface area contributed by atoms with E-state index in [4.69, 9.17) is 11.6 Å². The van der Waals surface area contributed by atoms with Crippen molar-refractivity contribution in [1.82, 2.24) is 9.99 Å². The summed E-state index contributed by atoms with van der Waals surface area (Å²) < 4.78 is 40.3. The Morgan fingerprint density at radius 1 is 1.13 bits per heavy atom. The van der Waals surface area contributed by atoms with Gasteiger partial charge in [-0.1, -0.05) is 23.7 Å². The highest BCUT2D eigenvalue weighted by molar-refractivity contribution is 6.30. The maximum absolute atomic E-state index is 12.8. The zero-order chi connectivity index (χ0) is 22.6. The van der Waals surface area contributed by atoms with E-state index < -0.39 is 17.6 Å². The van der Waals surface area contributed by atoms with Crippen molar-refractivity contribution in [3.8, 4) is 5.69 Å². The largest absolute Gasteiger partial charge is 0.416 e. The molecule has 0 spiro atoms. The normalized spacial score (nSPS) is 11.7. The summed E-state index contributed by atoms with van der Waals surface area (Å²) in [6.07, 6.45) is -2.92. The lowest BCUT2D eigenvalue weighted by Gasteiger charge is -2.10. The molecule has 1 amide bonds. The number of carbonyl (C=O) groups is 1. The number of aryl methyl sites for hydroxylation is 1. The van der Waals surface area contributed by atoms with Crippen LogP contribution in [-0.2, 0) is 11.0 Å². The molecular weight excluding hydrogens is 429 g/mol. The molecule has 2 aromatic carbocycles. The van der Waals surface area contributed by atoms with Crippen molar-refractivity contribution in [3.05, 3.63) is 82.1 Å². The van der Waals surface area contributed by atoms with Gasteiger partial charge in [0.15, 0.2) is 0 Å². The van der Waals surface area contributed by atoms with E-state index in [1.54, 1.807) is 6.07 Å². The van der Waals surface area contributed by atoms with Crippen LogP contribution in [0.3, 0.4) is 0 Å². The lowest BCUT2D eigenvalue weighted by atomic mass is 10.2. The van der Waals surface area contributed by atoms with Crippen molar-refractivity contribution in [2.24, 2.45) is 5.10 Å². The van der Waals surface area contributed by atoms with Crippen molar-refractivity contribution in [2.45, 2.75) is 20.0 Å². The van der Waals surface area contributed by atoms with Crippen LogP contribution < -0.4 is 10.7 Å². The number of hydrazone groups is 1. The summed E-state index contributed by atoms with van der Waals surface area (Å²) in [7, 11) is 0. The number of anilines is 1. The smallest absolute Gasteiger partial charge is 0.376 e. The van der Waals surface area contributed by atoms with Gasteiger partial charge in [-0.15, -0.1) is 0 Å². The van der Waals surface area contributed by atoms with E-state index in [2.05, 4.69) is 15.8 Å². The van der Waals surface area contributed by atoms with Crippen molar-refractivity contribution in [1.29, 1.82) is 0 Å². The number of aromatic nitrogens is 1. The molecule has 0 aliphatic rings. The standard InChI is InChI=1S/C22H20ClF3N4O/c1-14-9-16(15(2)30(14)20-8-4-6-18(23)11-20)12-28-29-21(31)13-27-19-7-3-5-17(10-19)22(24,25)26/h3-12,27H,13H2,1-2H3,(H,29,31)/b28-12-. The molecule has 0 saturated carbocycles. The average molecular weight is 449 g/mol. The molecule has 1 heterocycles. The van der Waals surface area contributed by atoms with Crippen LogP contribution >= 0.6 is 11.6 Å². The Bertz CT molecular complexity index is 1120. The number of hydrogen-bond acceptors (Lipinski definition) is 3. The molecule has 9 heteroatoms. The Balaban J connectivity index is 1.61. The Morgan fingerprint density at radius 3 is 2.58 bits per heavy atom. The maximum Gasteiger partial charge on any atom is 0.416 e. The molecule has 0 saturated heterocycles. The Hall–Kier alpha value is -3.26. The first-order chi connectivity index (χ1) is 14.6. The van der Waals surface area contributed by atoms with Crippen LogP contribution in [0.25, 0.3) is 5.69 Å². The van der Waals surface area contributed by atoms with Crippen LogP contribution in [-0.4, -0.2) is 23.2 Å². The summed E-state index contributed by atoms with van der Waals surface area (Å²) in [6.45, 7) is 3.65. The average Bonchev–Trinajstić information content (AvgIpc) is 2.99. The number of benzene rings is 2. The molecular formula is C22H20ClF3N4O. The highest BCUT2D eigenvalue weighted by Crippen LogP contribution is 2.30. The van der Waals surface area contributed by atoms with Gasteiger partial charge in [0.2, 0.25) is 0 Å². The molecule has 3 aromatic rings. The first-order valence-corrected chi connectivity index (χ1v) is 9.71. The number of amides is 1. The van der Waals surface area contributed by atoms with Crippen molar-refractivity contribution in [2.75, 3.05) is 11.9 Å². The van der Waals surface area contributed by atoms with Gasteiger partial charge in [0.05, 0.1) is 18.3 Å². The quantitative estimate of drug-likeness (QED) is 0.395. The third-order valence-corrected chi connectivity index (χ3v) is 4.81. The zero-order valence-corrected chi connectivity index (χ0v) is 17.6. The molecule has 0 aliphatic heterocycles. The van der Waals surface area contributed by atoms with E-state index in [9.17, 15) is 18.0 Å². The van der Waals surface area contributed by atoms with E-state index in [-0.39, 0.29) is 12.2 Å². The fraction of sp³-hybridized carbons (Fsp3) is 0.182. The first-order valence-electron chi connectivity index (χ1n) is 9.33. The summed E-state index contributed by atoms with van der Waals surface area (Å²) in [5, 5.41) is 7.23. The van der Waals surface area contributed by atoms with E-state index >= 15 is 0 Å². The third kappa shape index (κ3) is 5.67. The third-order valence-electron chi connectivity index (χ3n) is 4.57. The molecule has 5 nitrogen and oxygen atoms in total. The Morgan fingerprint density at radius 2 is 1.87 bits per heavy atom. The molecule has 0 radical (unpaired) electrons. The van der Waals surface area contributed by atoms with E-state index in [1.807, 2.05) is 42.7 Å². The van der Waals surface area contributed by atoms with Crippen molar-refractivity contribution >= 4 is 29.4 Å². The highest BCUT2D eigenvalue weighted by Gasteiger charge is 2.30. The summed E-state index contributed by atoms with van der Waals surface area (Å²) in [6, 6.07) is 14.0. The Labute approximate surface area is 182 Å². The predicted molar refractivity (Wildman–Crippen MR) is 116 cm³/mol. The number of rotatable bonds is 6. The topological polar surface area (TPSA) is 58.4 Å². The van der Waals surface area contributed by atoms with Gasteiger partial charge in [0.1, 0.15) is 0 Å². The molecule has 0 atom stereocenters. The predicted octanol–water partition coefficient (Wildman–Crippen LogP) is 5.33. The molecule has 162 valence electrons. The lowest BCUT2D eigenvalue weighted by Crippen LogP contribution is -2.26. The minimum atomic E-state index is -4.44. The van der Waals surface area contributed by atoms with Crippen LogP contribution in [0.2, 0.25) is 5.02 Å². The molecule has 0 aliphatic carbocycles. The van der Waals surface area contributed by atoms with Crippen molar-refractivity contribution < 1.29 is 18.0 Å². The maximum atomic E-state index is 12.8. The summed E-state index contributed by atoms with van der Waals surface area (Å²) in [4.78, 5) is 12.0. The summed E-state index contributed by atoms with van der Waals surface area (Å²) >= 11 is 6.08. The van der Waals surface area contributed by atoms with Gasteiger partial charge in [-0.2, -0.15) is 18.3 Å². The van der Waals surface area contributed by atoms with E-state index in [0.29, 0.717) is 5.02 Å². The number of hydrogen-bond donors (Lipinski definition) is 2. The Kier molecular flexibility index (Phi) is 6.70. The van der Waals surface area contributed by atoms with Gasteiger partial charge < -0.3 is 9.88 Å². The first kappa shape index (κ1) is 22.4. The molecule has 31 heavy (non-hydrogen) atoms. The SMILES string of the molecule is Cc1cc(/C=N\NC(=O)CNc2cccc(C(F)(F)F)c2)c(C)n1-c1cccc(Cl)c1. The number of carbonyl (C=O) groups excluding carboxylic acids is 1. The van der Waals surface area contributed by atoms with Crippen LogP contribution in [0.4, 0.5) is 18.9 Å². The highest BCUT2D eigenvalue weighted by atomic mass is 35.5. The molecule has 0 fully saturated rings. The summed E-state index contributed by atoms with van der Waals surface area (Å²) in [5.74, 6) is -0.489. The van der Waals surface area contributed by atoms with Crippen LogP contribution in [0.5, 0.6) is 0 Å². The van der Waals surface area contributed by atoms with Crippen LogP contribution in [0, 0.1) is 13.8 Å². The van der Waals surface area contributed by atoms with Crippen LogP contribution in [0.1, 0.15) is 22.5 Å². The molecule has 0 unspecified atom stereocenters.